The predicted octanol–water partition coefficient (Wildman–Crippen LogP) is 3.90. The van der Waals surface area contributed by atoms with Crippen LogP contribution >= 0.6 is 0 Å². The molecular formula is C24H21N3O4. The highest BCUT2D eigenvalue weighted by molar-refractivity contribution is 6.07. The molecule has 7 nitrogen and oxygen atoms in total. The van der Waals surface area contributed by atoms with Crippen molar-refractivity contribution < 1.29 is 18.7 Å². The minimum absolute atomic E-state index is 0.224. The van der Waals surface area contributed by atoms with Crippen molar-refractivity contribution in [2.75, 3.05) is 7.11 Å². The summed E-state index contributed by atoms with van der Waals surface area (Å²) in [5.74, 6) is 0.576. The number of aryl methyl sites for hydroxylation is 1. The molecule has 0 spiro atoms. The molecule has 2 heterocycles. The average Bonchev–Trinajstić information content (AvgIpc) is 3.35. The highest BCUT2D eigenvalue weighted by Gasteiger charge is 2.15. The van der Waals surface area contributed by atoms with Crippen LogP contribution in [0.5, 0.6) is 5.75 Å². The maximum absolute atomic E-state index is 12.8. The number of hydrogen-bond donors (Lipinski definition) is 2. The summed E-state index contributed by atoms with van der Waals surface area (Å²) in [4.78, 5) is 29.6. The van der Waals surface area contributed by atoms with E-state index in [2.05, 4.69) is 15.8 Å². The van der Waals surface area contributed by atoms with Gasteiger partial charge in [0.1, 0.15) is 11.4 Å². The number of hydrogen-bond acceptors (Lipinski definition) is 5. The van der Waals surface area contributed by atoms with Gasteiger partial charge in [0.2, 0.25) is 5.91 Å². The Morgan fingerprint density at radius 3 is 2.68 bits per heavy atom. The number of hydrazine groups is 1. The number of pyridine rings is 1. The van der Waals surface area contributed by atoms with Crippen molar-refractivity contribution in [3.8, 4) is 17.2 Å². The third-order valence-electron chi connectivity index (χ3n) is 4.82. The summed E-state index contributed by atoms with van der Waals surface area (Å²) in [5.41, 5.74) is 7.55. The number of rotatable bonds is 6. The Hall–Kier alpha value is -4.13. The minimum atomic E-state index is -0.430. The maximum Gasteiger partial charge on any atom is 0.270 e. The summed E-state index contributed by atoms with van der Waals surface area (Å²) < 4.78 is 10.6. The first kappa shape index (κ1) is 20.2. The third-order valence-corrected chi connectivity index (χ3v) is 4.82. The number of benzene rings is 2. The summed E-state index contributed by atoms with van der Waals surface area (Å²) in [6.45, 7) is 0. The summed E-state index contributed by atoms with van der Waals surface area (Å²) in [6, 6.07) is 20.0. The second-order valence-electron chi connectivity index (χ2n) is 6.90. The van der Waals surface area contributed by atoms with Crippen LogP contribution in [-0.2, 0) is 11.2 Å². The van der Waals surface area contributed by atoms with Crippen molar-refractivity contribution in [2.24, 2.45) is 0 Å². The molecule has 156 valence electrons. The number of aromatic nitrogens is 1. The SMILES string of the molecule is COc1cccc(CCC(=O)NNC(=O)c2cc(-c3ccco3)nc3ccccc23)c1. The van der Waals surface area contributed by atoms with Crippen LogP contribution in [0.4, 0.5) is 0 Å². The van der Waals surface area contributed by atoms with E-state index < -0.39 is 5.91 Å². The van der Waals surface area contributed by atoms with Gasteiger partial charge in [-0.1, -0.05) is 30.3 Å². The van der Waals surface area contributed by atoms with Gasteiger partial charge in [0.15, 0.2) is 5.76 Å². The zero-order valence-electron chi connectivity index (χ0n) is 16.9. The van der Waals surface area contributed by atoms with Gasteiger partial charge in [0.05, 0.1) is 24.5 Å². The summed E-state index contributed by atoms with van der Waals surface area (Å²) in [5, 5.41) is 0.681. The van der Waals surface area contributed by atoms with Gasteiger partial charge in [-0.25, -0.2) is 4.98 Å². The van der Waals surface area contributed by atoms with Gasteiger partial charge < -0.3 is 9.15 Å². The second-order valence-corrected chi connectivity index (χ2v) is 6.90. The van der Waals surface area contributed by atoms with Gasteiger partial charge in [0.25, 0.3) is 5.91 Å². The number of furan rings is 1. The third kappa shape index (κ3) is 4.72. The zero-order chi connectivity index (χ0) is 21.6. The highest BCUT2D eigenvalue weighted by Crippen LogP contribution is 2.25. The molecule has 0 unspecified atom stereocenters. The number of ether oxygens (including phenoxy) is 1. The molecular weight excluding hydrogens is 394 g/mol. The molecule has 0 atom stereocenters. The van der Waals surface area contributed by atoms with Crippen molar-refractivity contribution in [3.05, 3.63) is 84.1 Å². The number of nitrogens with zero attached hydrogens (tertiary/aromatic N) is 1. The van der Waals surface area contributed by atoms with Crippen LogP contribution in [0.3, 0.4) is 0 Å². The van der Waals surface area contributed by atoms with E-state index in [0.717, 1.165) is 11.3 Å². The average molecular weight is 415 g/mol. The minimum Gasteiger partial charge on any atom is -0.497 e. The van der Waals surface area contributed by atoms with Crippen LogP contribution < -0.4 is 15.6 Å². The maximum atomic E-state index is 12.8. The van der Waals surface area contributed by atoms with E-state index >= 15 is 0 Å². The van der Waals surface area contributed by atoms with E-state index in [-0.39, 0.29) is 12.3 Å². The Kier molecular flexibility index (Phi) is 5.93. The van der Waals surface area contributed by atoms with Crippen LogP contribution in [0.1, 0.15) is 22.3 Å². The first-order valence-corrected chi connectivity index (χ1v) is 9.80. The fourth-order valence-electron chi connectivity index (χ4n) is 3.26. The lowest BCUT2D eigenvalue weighted by Crippen LogP contribution is -2.41. The van der Waals surface area contributed by atoms with E-state index in [4.69, 9.17) is 9.15 Å². The lowest BCUT2D eigenvalue weighted by Gasteiger charge is -2.11. The van der Waals surface area contributed by atoms with Crippen molar-refractivity contribution in [1.82, 2.24) is 15.8 Å². The van der Waals surface area contributed by atoms with Gasteiger partial charge >= 0.3 is 0 Å². The lowest BCUT2D eigenvalue weighted by atomic mass is 10.1. The topological polar surface area (TPSA) is 93.5 Å². The molecule has 0 saturated heterocycles. The van der Waals surface area contributed by atoms with Crippen molar-refractivity contribution >= 4 is 22.7 Å². The summed E-state index contributed by atoms with van der Waals surface area (Å²) >= 11 is 0. The number of carbonyl (C=O) groups excluding carboxylic acids is 2. The monoisotopic (exact) mass is 415 g/mol. The highest BCUT2D eigenvalue weighted by atomic mass is 16.5. The number of amides is 2. The molecule has 0 bridgehead atoms. The number of nitrogens with one attached hydrogen (secondary N) is 2. The molecule has 0 saturated carbocycles. The number of fused-ring (bicyclic) bond motifs is 1. The van der Waals surface area contributed by atoms with Gasteiger partial charge in [0, 0.05) is 11.8 Å². The van der Waals surface area contributed by atoms with Crippen LogP contribution in [0.25, 0.3) is 22.4 Å². The van der Waals surface area contributed by atoms with E-state index in [1.165, 1.54) is 0 Å². The molecule has 0 radical (unpaired) electrons. The molecule has 2 N–H and O–H groups in total. The largest absolute Gasteiger partial charge is 0.497 e. The van der Waals surface area contributed by atoms with Crippen LogP contribution in [0.15, 0.2) is 77.4 Å². The molecule has 0 aliphatic rings. The fourth-order valence-corrected chi connectivity index (χ4v) is 3.26. The first-order valence-electron chi connectivity index (χ1n) is 9.80. The van der Waals surface area contributed by atoms with Crippen LogP contribution in [-0.4, -0.2) is 23.9 Å². The summed E-state index contributed by atoms with van der Waals surface area (Å²) in [7, 11) is 1.60. The van der Waals surface area contributed by atoms with Gasteiger partial charge in [-0.2, -0.15) is 0 Å². The quantitative estimate of drug-likeness (QED) is 0.466. The predicted molar refractivity (Wildman–Crippen MR) is 116 cm³/mol. The van der Waals surface area contributed by atoms with E-state index in [1.807, 2.05) is 48.5 Å². The Bertz CT molecular complexity index is 1220. The Labute approximate surface area is 179 Å². The summed E-state index contributed by atoms with van der Waals surface area (Å²) in [6.07, 6.45) is 2.30. The molecule has 0 fully saturated rings. The molecule has 2 amide bonds. The van der Waals surface area contributed by atoms with Crippen LogP contribution in [0, 0.1) is 0 Å². The molecule has 7 heteroatoms. The van der Waals surface area contributed by atoms with Gasteiger partial charge in [-0.05, 0) is 48.4 Å². The van der Waals surface area contributed by atoms with Crippen LogP contribution in [0.2, 0.25) is 0 Å². The fraction of sp³-hybridized carbons (Fsp3) is 0.125. The molecule has 4 rings (SSSR count). The normalized spacial score (nSPS) is 10.6. The molecule has 2 aromatic carbocycles. The first-order chi connectivity index (χ1) is 15.1. The molecule has 0 aliphatic carbocycles. The molecule has 31 heavy (non-hydrogen) atoms. The number of carbonyl (C=O) groups is 2. The van der Waals surface area contributed by atoms with E-state index in [0.29, 0.717) is 34.3 Å². The Morgan fingerprint density at radius 1 is 1.00 bits per heavy atom. The van der Waals surface area contributed by atoms with Crippen molar-refractivity contribution in [3.63, 3.8) is 0 Å². The van der Waals surface area contributed by atoms with E-state index in [1.54, 1.807) is 31.6 Å². The molecule has 0 aliphatic heterocycles. The molecule has 4 aromatic rings. The lowest BCUT2D eigenvalue weighted by molar-refractivity contribution is -0.121. The second kappa shape index (κ2) is 9.13. The number of para-hydroxylation sites is 1. The zero-order valence-corrected chi connectivity index (χ0v) is 16.9. The smallest absolute Gasteiger partial charge is 0.270 e. The standard InChI is InChI=1S/C24H21N3O4/c1-30-17-7-4-6-16(14-17)11-12-23(28)26-27-24(29)19-15-21(22-10-5-13-31-22)25-20-9-3-2-8-18(19)20/h2-10,13-15H,11-12H2,1H3,(H,26,28)(H,27,29). The number of methoxy groups -OCH3 is 1. The van der Waals surface area contributed by atoms with Gasteiger partial charge in [-0.3, -0.25) is 20.4 Å². The Morgan fingerprint density at radius 2 is 1.87 bits per heavy atom. The van der Waals surface area contributed by atoms with Crippen molar-refractivity contribution in [1.29, 1.82) is 0 Å². The van der Waals surface area contributed by atoms with Gasteiger partial charge in [-0.15, -0.1) is 0 Å². The van der Waals surface area contributed by atoms with Crippen molar-refractivity contribution in [2.45, 2.75) is 12.8 Å². The van der Waals surface area contributed by atoms with E-state index in [9.17, 15) is 9.59 Å². The molecule has 2 aromatic heterocycles. The Balaban J connectivity index is 1.45.